The van der Waals surface area contributed by atoms with Crippen LogP contribution in [0.15, 0.2) is 10.2 Å². The van der Waals surface area contributed by atoms with E-state index in [0.717, 1.165) is 0 Å². The van der Waals surface area contributed by atoms with E-state index in [9.17, 15) is 9.18 Å². The number of amides is 1. The van der Waals surface area contributed by atoms with Gasteiger partial charge in [0, 0.05) is 6.61 Å². The molecule has 5 nitrogen and oxygen atoms in total. The second-order valence-corrected chi connectivity index (χ2v) is 5.09. The molecule has 0 aliphatic carbocycles. The first-order valence-electron chi connectivity index (χ1n) is 4.63. The number of ether oxygens (including phenoxy) is 1. The third-order valence-corrected chi connectivity index (χ3v) is 3.40. The molecular weight excluding hydrogens is 292 g/mol. The molecule has 1 rings (SSSR count). The van der Waals surface area contributed by atoms with Crippen LogP contribution in [0.25, 0.3) is 0 Å². The zero-order valence-corrected chi connectivity index (χ0v) is 11.2. The van der Waals surface area contributed by atoms with Crippen LogP contribution in [0, 0.1) is 0 Å². The van der Waals surface area contributed by atoms with Gasteiger partial charge in [-0.05, 0) is 6.92 Å². The van der Waals surface area contributed by atoms with Gasteiger partial charge >= 0.3 is 0 Å². The summed E-state index contributed by atoms with van der Waals surface area (Å²) in [6, 6.07) is -0.726. The summed E-state index contributed by atoms with van der Waals surface area (Å²) in [7, 11) is 0. The van der Waals surface area contributed by atoms with E-state index >= 15 is 0 Å². The summed E-state index contributed by atoms with van der Waals surface area (Å²) in [5, 5.41) is 9.66. The molecule has 1 aliphatic heterocycles. The summed E-state index contributed by atoms with van der Waals surface area (Å²) in [4.78, 5) is 11.3. The number of thioether (sulfide) groups is 1. The van der Waals surface area contributed by atoms with E-state index in [1.807, 2.05) is 0 Å². The standard InChI is InChI=1S/C8H10Cl2FN3O2S/c1-2-16-3-5(15)12-6-8(9,10)7(14-13-6)17-4-11/h2-4H2,1H3,(H,12,13,15). The van der Waals surface area contributed by atoms with Crippen LogP contribution >= 0.6 is 35.0 Å². The lowest BCUT2D eigenvalue weighted by Gasteiger charge is -2.16. The number of rotatable bonds is 4. The van der Waals surface area contributed by atoms with Gasteiger partial charge in [-0.2, -0.15) is 0 Å². The van der Waals surface area contributed by atoms with Gasteiger partial charge in [-0.15, -0.1) is 10.2 Å². The Morgan fingerprint density at radius 3 is 2.88 bits per heavy atom. The third-order valence-electron chi connectivity index (χ3n) is 1.69. The number of carbonyl (C=O) groups is 1. The average Bonchev–Trinajstić information content (AvgIpc) is 2.54. The van der Waals surface area contributed by atoms with E-state index in [1.54, 1.807) is 6.92 Å². The van der Waals surface area contributed by atoms with Crippen molar-refractivity contribution in [3.05, 3.63) is 0 Å². The Kier molecular flexibility index (Phi) is 5.64. The summed E-state index contributed by atoms with van der Waals surface area (Å²) in [5.41, 5.74) is 0. The van der Waals surface area contributed by atoms with Gasteiger partial charge in [0.1, 0.15) is 17.7 Å². The molecule has 96 valence electrons. The Morgan fingerprint density at radius 1 is 1.59 bits per heavy atom. The first kappa shape index (κ1) is 14.7. The second-order valence-electron chi connectivity index (χ2n) is 2.87. The third kappa shape index (κ3) is 3.80. The van der Waals surface area contributed by atoms with Gasteiger partial charge in [0.05, 0.1) is 0 Å². The van der Waals surface area contributed by atoms with Gasteiger partial charge in [0.25, 0.3) is 5.91 Å². The number of amidine groups is 1. The van der Waals surface area contributed by atoms with Crippen LogP contribution in [0.4, 0.5) is 4.39 Å². The fourth-order valence-electron chi connectivity index (χ4n) is 0.960. The Morgan fingerprint density at radius 2 is 2.29 bits per heavy atom. The second kappa shape index (κ2) is 6.53. The molecule has 17 heavy (non-hydrogen) atoms. The maximum Gasteiger partial charge on any atom is 0.251 e. The SMILES string of the molecule is CCOCC(=O)NC1=NN=C(SCF)C1(Cl)Cl. The number of nitrogens with one attached hydrogen (secondary N) is 1. The van der Waals surface area contributed by atoms with Crippen LogP contribution < -0.4 is 5.32 Å². The van der Waals surface area contributed by atoms with Crippen LogP contribution in [-0.2, 0) is 9.53 Å². The lowest BCUT2D eigenvalue weighted by atomic mass is 10.4. The molecule has 0 saturated carbocycles. The Balaban J connectivity index is 2.55. The quantitative estimate of drug-likeness (QED) is 0.804. The first-order valence-corrected chi connectivity index (χ1v) is 6.37. The highest BCUT2D eigenvalue weighted by Crippen LogP contribution is 2.34. The molecule has 1 N–H and O–H groups in total. The molecule has 0 radical (unpaired) electrons. The zero-order chi connectivity index (χ0) is 12.9. The molecule has 0 fully saturated rings. The van der Waals surface area contributed by atoms with E-state index in [0.29, 0.717) is 18.4 Å². The highest BCUT2D eigenvalue weighted by molar-refractivity contribution is 8.14. The van der Waals surface area contributed by atoms with Crippen molar-refractivity contribution in [3.63, 3.8) is 0 Å². The fourth-order valence-corrected chi connectivity index (χ4v) is 2.01. The molecule has 0 bridgehead atoms. The van der Waals surface area contributed by atoms with Crippen molar-refractivity contribution in [2.45, 2.75) is 11.3 Å². The smallest absolute Gasteiger partial charge is 0.251 e. The summed E-state index contributed by atoms with van der Waals surface area (Å²) in [5.74, 6) is -0.487. The molecule has 9 heteroatoms. The van der Waals surface area contributed by atoms with Gasteiger partial charge in [-0.25, -0.2) is 4.39 Å². The number of alkyl halides is 3. The van der Waals surface area contributed by atoms with Gasteiger partial charge in [0.15, 0.2) is 5.84 Å². The predicted molar refractivity (Wildman–Crippen MR) is 67.5 cm³/mol. The molecule has 0 saturated heterocycles. The van der Waals surface area contributed by atoms with E-state index in [-0.39, 0.29) is 17.5 Å². The molecule has 1 heterocycles. The molecule has 0 spiro atoms. The lowest BCUT2D eigenvalue weighted by Crippen LogP contribution is -2.44. The van der Waals surface area contributed by atoms with Crippen LogP contribution in [0.2, 0.25) is 0 Å². The van der Waals surface area contributed by atoms with Crippen molar-refractivity contribution in [2.24, 2.45) is 10.2 Å². The monoisotopic (exact) mass is 301 g/mol. The minimum Gasteiger partial charge on any atom is -0.372 e. The minimum absolute atomic E-state index is 0.0403. The molecule has 0 aromatic heterocycles. The number of carbonyl (C=O) groups excluding carboxylic acids is 1. The molecule has 0 unspecified atom stereocenters. The van der Waals surface area contributed by atoms with E-state index in [1.165, 1.54) is 0 Å². The van der Waals surface area contributed by atoms with E-state index in [4.69, 9.17) is 27.9 Å². The Labute approximate surface area is 112 Å². The van der Waals surface area contributed by atoms with Crippen LogP contribution in [0.1, 0.15) is 6.92 Å². The lowest BCUT2D eigenvalue weighted by molar-refractivity contribution is -0.124. The topological polar surface area (TPSA) is 63.0 Å². The van der Waals surface area contributed by atoms with Crippen molar-refractivity contribution in [1.82, 2.24) is 5.32 Å². The molecule has 0 atom stereocenters. The number of hydrogen-bond donors (Lipinski definition) is 1. The Hall–Kier alpha value is -0.370. The summed E-state index contributed by atoms with van der Waals surface area (Å²) >= 11 is 12.6. The summed E-state index contributed by atoms with van der Waals surface area (Å²) in [6.07, 6.45) is 0. The highest BCUT2D eigenvalue weighted by atomic mass is 35.5. The molecule has 0 aromatic carbocycles. The van der Waals surface area contributed by atoms with E-state index in [2.05, 4.69) is 15.5 Å². The van der Waals surface area contributed by atoms with Crippen molar-refractivity contribution < 1.29 is 13.9 Å². The van der Waals surface area contributed by atoms with Gasteiger partial charge in [-0.3, -0.25) is 4.79 Å². The van der Waals surface area contributed by atoms with Crippen molar-refractivity contribution in [3.8, 4) is 0 Å². The molecule has 1 aliphatic rings. The maximum atomic E-state index is 12.2. The summed E-state index contributed by atoms with van der Waals surface area (Å²) < 4.78 is 15.4. The zero-order valence-electron chi connectivity index (χ0n) is 8.87. The van der Waals surface area contributed by atoms with Gasteiger partial charge in [0.2, 0.25) is 4.33 Å². The summed E-state index contributed by atoms with van der Waals surface area (Å²) in [6.45, 7) is 2.03. The van der Waals surface area contributed by atoms with Crippen LogP contribution in [-0.4, -0.2) is 40.3 Å². The van der Waals surface area contributed by atoms with Gasteiger partial charge in [-0.1, -0.05) is 35.0 Å². The highest BCUT2D eigenvalue weighted by Gasteiger charge is 2.42. The molecule has 0 aromatic rings. The minimum atomic E-state index is -1.61. The number of hydrogen-bond acceptors (Lipinski definition) is 5. The largest absolute Gasteiger partial charge is 0.372 e. The normalized spacial score (nSPS) is 17.6. The fraction of sp³-hybridized carbons (Fsp3) is 0.625. The predicted octanol–water partition coefficient (Wildman–Crippen LogP) is 1.70. The van der Waals surface area contributed by atoms with Crippen LogP contribution in [0.3, 0.4) is 0 Å². The maximum absolute atomic E-state index is 12.2. The van der Waals surface area contributed by atoms with E-state index < -0.39 is 16.2 Å². The Bertz CT molecular complexity index is 363. The first-order chi connectivity index (χ1) is 8.02. The number of nitrogens with zero attached hydrogens (tertiary/aromatic N) is 2. The van der Waals surface area contributed by atoms with Crippen LogP contribution in [0.5, 0.6) is 0 Å². The molecule has 1 amide bonds. The molecular formula is C8H10Cl2FN3O2S. The average molecular weight is 302 g/mol. The van der Waals surface area contributed by atoms with Crippen molar-refractivity contribution in [2.75, 3.05) is 19.2 Å². The van der Waals surface area contributed by atoms with Crippen molar-refractivity contribution in [1.29, 1.82) is 0 Å². The van der Waals surface area contributed by atoms with Crippen molar-refractivity contribution >= 4 is 51.8 Å². The number of halogens is 3. The van der Waals surface area contributed by atoms with Gasteiger partial charge < -0.3 is 10.1 Å².